The fourth-order valence-corrected chi connectivity index (χ4v) is 1.39. The molecule has 1 aromatic carbocycles. The molecule has 0 aliphatic rings. The Labute approximate surface area is 85.2 Å². The molecule has 0 radical (unpaired) electrons. The van der Waals surface area contributed by atoms with Crippen LogP contribution >= 0.6 is 0 Å². The molecule has 0 heterocycles. The number of aliphatic hydroxyl groups excluding tert-OH is 1. The predicted octanol–water partition coefficient (Wildman–Crippen LogP) is 2.19. The van der Waals surface area contributed by atoms with Crippen LogP contribution < -0.4 is 0 Å². The van der Waals surface area contributed by atoms with Gasteiger partial charge in [0.15, 0.2) is 0 Å². The zero-order valence-electron chi connectivity index (χ0n) is 8.99. The SMILES string of the molecule is CCC(C)(O)C(O)c1cccc(C)c1. The maximum absolute atomic E-state index is 9.92. The number of hydrogen-bond donors (Lipinski definition) is 2. The summed E-state index contributed by atoms with van der Waals surface area (Å²) in [6, 6.07) is 7.59. The number of aliphatic hydroxyl groups is 2. The molecule has 78 valence electrons. The largest absolute Gasteiger partial charge is 0.387 e. The molecule has 0 bridgehead atoms. The van der Waals surface area contributed by atoms with E-state index in [1.807, 2.05) is 38.1 Å². The van der Waals surface area contributed by atoms with E-state index in [-0.39, 0.29) is 0 Å². The Kier molecular flexibility index (Phi) is 3.29. The zero-order chi connectivity index (χ0) is 10.8. The molecule has 1 aromatic rings. The summed E-state index contributed by atoms with van der Waals surface area (Å²) in [5, 5.41) is 19.8. The van der Waals surface area contributed by atoms with Crippen LogP contribution in [-0.4, -0.2) is 15.8 Å². The summed E-state index contributed by atoms with van der Waals surface area (Å²) in [4.78, 5) is 0. The minimum Gasteiger partial charge on any atom is -0.387 e. The molecule has 0 saturated heterocycles. The Balaban J connectivity index is 2.94. The van der Waals surface area contributed by atoms with Crippen LogP contribution in [0.25, 0.3) is 0 Å². The summed E-state index contributed by atoms with van der Waals surface area (Å²) < 4.78 is 0. The van der Waals surface area contributed by atoms with E-state index in [0.29, 0.717) is 6.42 Å². The van der Waals surface area contributed by atoms with Gasteiger partial charge in [0.05, 0.1) is 5.60 Å². The van der Waals surface area contributed by atoms with E-state index < -0.39 is 11.7 Å². The lowest BCUT2D eigenvalue weighted by molar-refractivity contribution is -0.0658. The van der Waals surface area contributed by atoms with Crippen molar-refractivity contribution >= 4 is 0 Å². The molecule has 0 fully saturated rings. The highest BCUT2D eigenvalue weighted by atomic mass is 16.3. The normalized spacial score (nSPS) is 17.5. The van der Waals surface area contributed by atoms with Crippen LogP contribution in [0.1, 0.15) is 37.5 Å². The first-order valence-electron chi connectivity index (χ1n) is 4.94. The van der Waals surface area contributed by atoms with Crippen molar-refractivity contribution < 1.29 is 10.2 Å². The van der Waals surface area contributed by atoms with Crippen LogP contribution in [0.3, 0.4) is 0 Å². The smallest absolute Gasteiger partial charge is 0.107 e. The number of hydrogen-bond acceptors (Lipinski definition) is 2. The third kappa shape index (κ3) is 2.34. The molecule has 0 amide bonds. The van der Waals surface area contributed by atoms with Gasteiger partial charge in [0.1, 0.15) is 6.10 Å². The van der Waals surface area contributed by atoms with Gasteiger partial charge in [-0.05, 0) is 25.8 Å². The van der Waals surface area contributed by atoms with E-state index in [2.05, 4.69) is 0 Å². The fraction of sp³-hybridized carbons (Fsp3) is 0.500. The molecule has 2 atom stereocenters. The first kappa shape index (κ1) is 11.2. The minimum atomic E-state index is -1.05. The highest BCUT2D eigenvalue weighted by Crippen LogP contribution is 2.28. The van der Waals surface area contributed by atoms with Gasteiger partial charge in [-0.1, -0.05) is 36.8 Å². The quantitative estimate of drug-likeness (QED) is 0.774. The van der Waals surface area contributed by atoms with Crippen LogP contribution in [0.4, 0.5) is 0 Å². The summed E-state index contributed by atoms with van der Waals surface area (Å²) in [5.41, 5.74) is 0.818. The lowest BCUT2D eigenvalue weighted by atomic mass is 9.90. The van der Waals surface area contributed by atoms with Gasteiger partial charge in [-0.25, -0.2) is 0 Å². The van der Waals surface area contributed by atoms with Crippen molar-refractivity contribution in [1.82, 2.24) is 0 Å². The molecule has 0 spiro atoms. The minimum absolute atomic E-state index is 0.530. The van der Waals surface area contributed by atoms with E-state index >= 15 is 0 Å². The molecule has 14 heavy (non-hydrogen) atoms. The van der Waals surface area contributed by atoms with Gasteiger partial charge in [0, 0.05) is 0 Å². The summed E-state index contributed by atoms with van der Waals surface area (Å²) in [5.74, 6) is 0. The molecule has 2 N–H and O–H groups in total. The Morgan fingerprint density at radius 3 is 2.57 bits per heavy atom. The fourth-order valence-electron chi connectivity index (χ4n) is 1.39. The number of benzene rings is 1. The van der Waals surface area contributed by atoms with Crippen LogP contribution in [0, 0.1) is 6.92 Å². The van der Waals surface area contributed by atoms with Gasteiger partial charge in [0.25, 0.3) is 0 Å². The molecule has 2 unspecified atom stereocenters. The highest BCUT2D eigenvalue weighted by Gasteiger charge is 2.29. The third-order valence-electron chi connectivity index (χ3n) is 2.66. The predicted molar refractivity (Wildman–Crippen MR) is 57.1 cm³/mol. The molecular weight excluding hydrogens is 176 g/mol. The molecule has 0 aromatic heterocycles. The molecule has 0 aliphatic heterocycles. The monoisotopic (exact) mass is 194 g/mol. The third-order valence-corrected chi connectivity index (χ3v) is 2.66. The maximum atomic E-state index is 9.92. The van der Waals surface area contributed by atoms with Crippen LogP contribution in [0.5, 0.6) is 0 Å². The zero-order valence-corrected chi connectivity index (χ0v) is 8.99. The summed E-state index contributed by atoms with van der Waals surface area (Å²) >= 11 is 0. The second-order valence-electron chi connectivity index (χ2n) is 4.03. The average molecular weight is 194 g/mol. The van der Waals surface area contributed by atoms with Crippen molar-refractivity contribution in [2.24, 2.45) is 0 Å². The molecular formula is C12H18O2. The standard InChI is InChI=1S/C12H18O2/c1-4-12(3,14)11(13)10-7-5-6-9(2)8-10/h5-8,11,13-14H,4H2,1-3H3. The molecule has 1 rings (SSSR count). The summed E-state index contributed by atoms with van der Waals surface area (Å²) in [7, 11) is 0. The molecule has 2 nitrogen and oxygen atoms in total. The van der Waals surface area contributed by atoms with Crippen molar-refractivity contribution in [3.63, 3.8) is 0 Å². The second kappa shape index (κ2) is 4.11. The van der Waals surface area contributed by atoms with E-state index in [9.17, 15) is 10.2 Å². The first-order chi connectivity index (χ1) is 6.47. The van der Waals surface area contributed by atoms with Crippen molar-refractivity contribution in [3.05, 3.63) is 35.4 Å². The van der Waals surface area contributed by atoms with Gasteiger partial charge in [-0.2, -0.15) is 0 Å². The van der Waals surface area contributed by atoms with Crippen LogP contribution in [0.15, 0.2) is 24.3 Å². The van der Waals surface area contributed by atoms with Gasteiger partial charge in [-0.3, -0.25) is 0 Å². The van der Waals surface area contributed by atoms with Crippen molar-refractivity contribution in [1.29, 1.82) is 0 Å². The molecule has 0 saturated carbocycles. The average Bonchev–Trinajstić information content (AvgIpc) is 2.16. The van der Waals surface area contributed by atoms with Gasteiger partial charge >= 0.3 is 0 Å². The topological polar surface area (TPSA) is 40.5 Å². The molecule has 0 aliphatic carbocycles. The second-order valence-corrected chi connectivity index (χ2v) is 4.03. The van der Waals surface area contributed by atoms with Crippen molar-refractivity contribution in [2.75, 3.05) is 0 Å². The number of aryl methyl sites for hydroxylation is 1. The van der Waals surface area contributed by atoms with Gasteiger partial charge in [-0.15, -0.1) is 0 Å². The van der Waals surface area contributed by atoms with Crippen molar-refractivity contribution in [2.45, 2.75) is 38.9 Å². The summed E-state index contributed by atoms with van der Waals surface area (Å²) in [6.07, 6.45) is -0.283. The van der Waals surface area contributed by atoms with E-state index in [4.69, 9.17) is 0 Å². The molecule has 2 heteroatoms. The first-order valence-corrected chi connectivity index (χ1v) is 4.94. The van der Waals surface area contributed by atoms with E-state index in [1.54, 1.807) is 6.92 Å². The van der Waals surface area contributed by atoms with Crippen LogP contribution in [-0.2, 0) is 0 Å². The van der Waals surface area contributed by atoms with Gasteiger partial charge < -0.3 is 10.2 Å². The Morgan fingerprint density at radius 2 is 2.07 bits per heavy atom. The van der Waals surface area contributed by atoms with Crippen LogP contribution in [0.2, 0.25) is 0 Å². The van der Waals surface area contributed by atoms with Gasteiger partial charge in [0.2, 0.25) is 0 Å². The summed E-state index contributed by atoms with van der Waals surface area (Å²) in [6.45, 7) is 5.48. The van der Waals surface area contributed by atoms with E-state index in [1.165, 1.54) is 0 Å². The van der Waals surface area contributed by atoms with Crippen molar-refractivity contribution in [3.8, 4) is 0 Å². The number of rotatable bonds is 3. The Morgan fingerprint density at radius 1 is 1.43 bits per heavy atom. The maximum Gasteiger partial charge on any atom is 0.107 e. The Bertz CT molecular complexity index is 305. The lowest BCUT2D eigenvalue weighted by Crippen LogP contribution is -2.31. The van der Waals surface area contributed by atoms with E-state index in [0.717, 1.165) is 11.1 Å². The Hall–Kier alpha value is -0.860. The highest BCUT2D eigenvalue weighted by molar-refractivity contribution is 5.25. The lowest BCUT2D eigenvalue weighted by Gasteiger charge is -2.28.